The van der Waals surface area contributed by atoms with Crippen LogP contribution in [0, 0.1) is 11.8 Å². The van der Waals surface area contributed by atoms with E-state index in [1.54, 1.807) is 0 Å². The smallest absolute Gasteiger partial charge is 0.162 e. The van der Waals surface area contributed by atoms with Gasteiger partial charge in [0.25, 0.3) is 0 Å². The first-order valence-electron chi connectivity index (χ1n) is 7.85. The molecule has 0 atom stereocenters. The molecule has 1 aromatic carbocycles. The Bertz CT molecular complexity index is 411. The van der Waals surface area contributed by atoms with Crippen LogP contribution in [0.4, 0.5) is 0 Å². The van der Waals surface area contributed by atoms with Crippen molar-refractivity contribution in [3.63, 3.8) is 0 Å². The minimum absolute atomic E-state index is 0.277. The second-order valence-electron chi connectivity index (χ2n) is 5.95. The molecule has 0 aliphatic heterocycles. The minimum Gasteiger partial charge on any atom is -0.504 e. The van der Waals surface area contributed by atoms with Gasteiger partial charge in [0.05, 0.1) is 6.61 Å². The average molecular weight is 277 g/mol. The molecule has 1 aliphatic carbocycles. The van der Waals surface area contributed by atoms with Gasteiger partial charge >= 0.3 is 0 Å². The number of hydrogen-bond acceptors (Lipinski definition) is 3. The molecule has 20 heavy (non-hydrogen) atoms. The summed E-state index contributed by atoms with van der Waals surface area (Å²) in [5.74, 6) is 2.55. The van der Waals surface area contributed by atoms with Gasteiger partial charge in [-0.25, -0.2) is 0 Å². The summed E-state index contributed by atoms with van der Waals surface area (Å²) in [7, 11) is 0. The zero-order valence-electron chi connectivity index (χ0n) is 12.7. The number of hydrogen-bond donors (Lipinski definition) is 2. The number of phenols is 1. The second-order valence-corrected chi connectivity index (χ2v) is 5.95. The van der Waals surface area contributed by atoms with E-state index in [4.69, 9.17) is 4.74 Å². The maximum Gasteiger partial charge on any atom is 0.162 e. The van der Waals surface area contributed by atoms with Crippen LogP contribution in [0.15, 0.2) is 18.2 Å². The fourth-order valence-corrected chi connectivity index (χ4v) is 2.93. The van der Waals surface area contributed by atoms with Crippen molar-refractivity contribution in [2.45, 2.75) is 46.1 Å². The van der Waals surface area contributed by atoms with Crippen molar-refractivity contribution in [1.29, 1.82) is 0 Å². The molecule has 2 N–H and O–H groups in total. The van der Waals surface area contributed by atoms with Crippen LogP contribution < -0.4 is 10.1 Å². The van der Waals surface area contributed by atoms with Gasteiger partial charge in [0.15, 0.2) is 11.5 Å². The van der Waals surface area contributed by atoms with E-state index in [9.17, 15) is 5.11 Å². The monoisotopic (exact) mass is 277 g/mol. The Morgan fingerprint density at radius 2 is 2.00 bits per heavy atom. The molecule has 1 fully saturated rings. The second kappa shape index (κ2) is 7.53. The molecule has 3 nitrogen and oxygen atoms in total. The maximum atomic E-state index is 10.1. The molecule has 0 radical (unpaired) electrons. The van der Waals surface area contributed by atoms with Crippen LogP contribution in [0.3, 0.4) is 0 Å². The van der Waals surface area contributed by atoms with Crippen molar-refractivity contribution in [2.24, 2.45) is 11.8 Å². The Labute approximate surface area is 122 Å². The van der Waals surface area contributed by atoms with Crippen LogP contribution in [0.1, 0.15) is 45.1 Å². The van der Waals surface area contributed by atoms with E-state index in [1.807, 2.05) is 25.1 Å². The lowest BCUT2D eigenvalue weighted by Crippen LogP contribution is -2.25. The maximum absolute atomic E-state index is 10.1. The first kappa shape index (κ1) is 15.2. The van der Waals surface area contributed by atoms with Gasteiger partial charge in [0.2, 0.25) is 0 Å². The van der Waals surface area contributed by atoms with Gasteiger partial charge in [-0.3, -0.25) is 0 Å². The number of phenolic OH excluding ortho intramolecular Hbond substituents is 1. The van der Waals surface area contributed by atoms with Crippen molar-refractivity contribution >= 4 is 0 Å². The molecule has 0 aromatic heterocycles. The summed E-state index contributed by atoms with van der Waals surface area (Å²) in [6.45, 7) is 6.60. The molecule has 1 saturated carbocycles. The number of aromatic hydroxyl groups is 1. The normalized spacial score (nSPS) is 22.7. The SMILES string of the molecule is CCOc1cccc(CNCC2CCC(C)CC2)c1O. The summed E-state index contributed by atoms with van der Waals surface area (Å²) in [6, 6.07) is 5.70. The highest BCUT2D eigenvalue weighted by Crippen LogP contribution is 2.30. The number of ether oxygens (including phenoxy) is 1. The fraction of sp³-hybridized carbons (Fsp3) is 0.647. The third kappa shape index (κ3) is 4.14. The van der Waals surface area contributed by atoms with Crippen LogP contribution in [-0.4, -0.2) is 18.3 Å². The van der Waals surface area contributed by atoms with E-state index in [-0.39, 0.29) is 5.75 Å². The third-order valence-corrected chi connectivity index (χ3v) is 4.27. The molecule has 0 heterocycles. The first-order valence-corrected chi connectivity index (χ1v) is 7.85. The zero-order chi connectivity index (χ0) is 14.4. The van der Waals surface area contributed by atoms with Gasteiger partial charge in [0, 0.05) is 12.1 Å². The fourth-order valence-electron chi connectivity index (χ4n) is 2.93. The van der Waals surface area contributed by atoms with E-state index < -0.39 is 0 Å². The van der Waals surface area contributed by atoms with Gasteiger partial charge in [-0.1, -0.05) is 31.9 Å². The molecule has 0 bridgehead atoms. The number of nitrogens with one attached hydrogen (secondary N) is 1. The van der Waals surface area contributed by atoms with Crippen molar-refractivity contribution in [3.05, 3.63) is 23.8 Å². The van der Waals surface area contributed by atoms with E-state index in [0.717, 1.165) is 23.9 Å². The predicted octanol–water partition coefficient (Wildman–Crippen LogP) is 3.71. The molecule has 0 unspecified atom stereocenters. The lowest BCUT2D eigenvalue weighted by molar-refractivity contribution is 0.280. The molecular formula is C17H27NO2. The Morgan fingerprint density at radius 3 is 2.70 bits per heavy atom. The highest BCUT2D eigenvalue weighted by atomic mass is 16.5. The lowest BCUT2D eigenvalue weighted by Gasteiger charge is -2.26. The molecule has 112 valence electrons. The summed E-state index contributed by atoms with van der Waals surface area (Å²) < 4.78 is 5.41. The minimum atomic E-state index is 0.277. The summed E-state index contributed by atoms with van der Waals surface area (Å²) >= 11 is 0. The summed E-state index contributed by atoms with van der Waals surface area (Å²) in [4.78, 5) is 0. The van der Waals surface area contributed by atoms with Gasteiger partial charge in [0.1, 0.15) is 0 Å². The van der Waals surface area contributed by atoms with Crippen LogP contribution in [0.5, 0.6) is 11.5 Å². The Balaban J connectivity index is 1.80. The Hall–Kier alpha value is -1.22. The van der Waals surface area contributed by atoms with Crippen LogP contribution in [0.2, 0.25) is 0 Å². The van der Waals surface area contributed by atoms with E-state index >= 15 is 0 Å². The molecule has 0 spiro atoms. The van der Waals surface area contributed by atoms with Crippen molar-refractivity contribution < 1.29 is 9.84 Å². The van der Waals surface area contributed by atoms with Crippen LogP contribution in [0.25, 0.3) is 0 Å². The molecule has 3 heteroatoms. The van der Waals surface area contributed by atoms with Crippen molar-refractivity contribution in [2.75, 3.05) is 13.2 Å². The zero-order valence-corrected chi connectivity index (χ0v) is 12.7. The Kier molecular flexibility index (Phi) is 5.72. The number of para-hydroxylation sites is 1. The first-order chi connectivity index (χ1) is 9.70. The summed E-state index contributed by atoms with van der Waals surface area (Å²) in [5.41, 5.74) is 0.917. The highest BCUT2D eigenvalue weighted by molar-refractivity contribution is 5.45. The van der Waals surface area contributed by atoms with E-state index in [2.05, 4.69) is 12.2 Å². The largest absolute Gasteiger partial charge is 0.504 e. The standard InChI is InChI=1S/C17H27NO2/c1-3-20-16-6-4-5-15(17(16)19)12-18-11-14-9-7-13(2)8-10-14/h4-6,13-14,18-19H,3,7-12H2,1-2H3. The van der Waals surface area contributed by atoms with Crippen molar-refractivity contribution in [1.82, 2.24) is 5.32 Å². The predicted molar refractivity (Wildman–Crippen MR) is 82.1 cm³/mol. The summed E-state index contributed by atoms with van der Waals surface area (Å²) in [5, 5.41) is 13.6. The number of benzene rings is 1. The van der Waals surface area contributed by atoms with Crippen molar-refractivity contribution in [3.8, 4) is 11.5 Å². The molecule has 1 aromatic rings. The van der Waals surface area contributed by atoms with Gasteiger partial charge < -0.3 is 15.2 Å². The molecule has 1 aliphatic rings. The van der Waals surface area contributed by atoms with Gasteiger partial charge in [-0.05, 0) is 44.2 Å². The highest BCUT2D eigenvalue weighted by Gasteiger charge is 2.17. The molecule has 2 rings (SSSR count). The van der Waals surface area contributed by atoms with Gasteiger partial charge in [-0.15, -0.1) is 0 Å². The average Bonchev–Trinajstić information content (AvgIpc) is 2.45. The van der Waals surface area contributed by atoms with E-state index in [0.29, 0.717) is 18.9 Å². The topological polar surface area (TPSA) is 41.5 Å². The number of rotatable bonds is 6. The van der Waals surface area contributed by atoms with E-state index in [1.165, 1.54) is 25.7 Å². The van der Waals surface area contributed by atoms with Crippen LogP contribution >= 0.6 is 0 Å². The molecular weight excluding hydrogens is 250 g/mol. The van der Waals surface area contributed by atoms with Gasteiger partial charge in [-0.2, -0.15) is 0 Å². The molecule has 0 amide bonds. The molecule has 0 saturated heterocycles. The Morgan fingerprint density at radius 1 is 1.25 bits per heavy atom. The summed E-state index contributed by atoms with van der Waals surface area (Å²) in [6.07, 6.45) is 5.38. The quantitative estimate of drug-likeness (QED) is 0.833. The van der Waals surface area contributed by atoms with Crippen LogP contribution in [-0.2, 0) is 6.54 Å². The third-order valence-electron chi connectivity index (χ3n) is 4.27. The lowest BCUT2D eigenvalue weighted by atomic mass is 9.83.